The van der Waals surface area contributed by atoms with Gasteiger partial charge in [0.2, 0.25) is 11.8 Å². The first-order valence-corrected chi connectivity index (χ1v) is 16.3. The Balaban J connectivity index is 1.33. The molecule has 0 spiro atoms. The molecule has 3 amide bonds. The van der Waals surface area contributed by atoms with Crippen molar-refractivity contribution >= 4 is 40.0 Å². The summed E-state index contributed by atoms with van der Waals surface area (Å²) < 4.78 is 12.0. The summed E-state index contributed by atoms with van der Waals surface area (Å²) in [7, 11) is 3.34. The zero-order chi connectivity index (χ0) is 31.9. The SMILES string of the molecule is COc1ccc2c(OC3CC4C(=O)NC5(C(=O)O)CC5C=CCCCCN(C)C(=O)N4C3)nc(-c3nc(C(C)C)cs3)cc2c1. The Morgan fingerprint density at radius 3 is 2.76 bits per heavy atom. The first-order valence-electron chi connectivity index (χ1n) is 15.4. The number of fused-ring (bicyclic) bond motifs is 3. The van der Waals surface area contributed by atoms with Crippen molar-refractivity contribution in [3.8, 4) is 22.3 Å². The van der Waals surface area contributed by atoms with E-state index in [0.29, 0.717) is 30.3 Å². The fourth-order valence-electron chi connectivity index (χ4n) is 6.15. The smallest absolute Gasteiger partial charge is 0.330 e. The molecule has 4 heterocycles. The summed E-state index contributed by atoms with van der Waals surface area (Å²) in [6, 6.07) is 6.42. The number of hydrogen-bond donors (Lipinski definition) is 2. The van der Waals surface area contributed by atoms with Crippen LogP contribution in [0.25, 0.3) is 21.5 Å². The van der Waals surface area contributed by atoms with E-state index >= 15 is 0 Å². The number of ether oxygens (including phenoxy) is 2. The van der Waals surface area contributed by atoms with Gasteiger partial charge in [-0.1, -0.05) is 26.0 Å². The van der Waals surface area contributed by atoms with Gasteiger partial charge < -0.3 is 29.7 Å². The largest absolute Gasteiger partial charge is 0.497 e. The molecule has 3 aromatic rings. The molecule has 0 bridgehead atoms. The number of aromatic nitrogens is 2. The molecular formula is C33H39N5O6S. The Labute approximate surface area is 266 Å². The number of benzene rings is 1. The Kier molecular flexibility index (Phi) is 8.43. The number of methoxy groups -OCH3 is 1. The summed E-state index contributed by atoms with van der Waals surface area (Å²) in [4.78, 5) is 52.5. The summed E-state index contributed by atoms with van der Waals surface area (Å²) in [5.41, 5.74) is 0.283. The third kappa shape index (κ3) is 6.07. The zero-order valence-electron chi connectivity index (χ0n) is 26.0. The maximum absolute atomic E-state index is 13.7. The zero-order valence-corrected chi connectivity index (χ0v) is 26.8. The number of aliphatic carboxylic acids is 1. The molecule has 2 aliphatic heterocycles. The number of pyridine rings is 1. The number of allylic oxidation sites excluding steroid dienone is 1. The second-order valence-electron chi connectivity index (χ2n) is 12.5. The topological polar surface area (TPSA) is 134 Å². The Hall–Kier alpha value is -4.19. The maximum Gasteiger partial charge on any atom is 0.330 e. The minimum atomic E-state index is -1.36. The molecule has 11 nitrogen and oxygen atoms in total. The summed E-state index contributed by atoms with van der Waals surface area (Å²) >= 11 is 1.51. The van der Waals surface area contributed by atoms with Gasteiger partial charge in [-0.05, 0) is 61.3 Å². The highest BCUT2D eigenvalue weighted by molar-refractivity contribution is 7.13. The summed E-state index contributed by atoms with van der Waals surface area (Å²) in [5, 5.41) is 17.3. The lowest BCUT2D eigenvalue weighted by molar-refractivity contribution is -0.144. The number of carboxylic acids is 1. The van der Waals surface area contributed by atoms with E-state index in [0.717, 1.165) is 40.7 Å². The lowest BCUT2D eigenvalue weighted by atomic mass is 10.1. The summed E-state index contributed by atoms with van der Waals surface area (Å²) in [6.45, 7) is 4.89. The maximum atomic E-state index is 13.7. The van der Waals surface area contributed by atoms with Gasteiger partial charge in [0.05, 0.1) is 19.3 Å². The van der Waals surface area contributed by atoms with Crippen LogP contribution in [-0.2, 0) is 9.59 Å². The van der Waals surface area contributed by atoms with Crippen LogP contribution in [-0.4, -0.2) is 87.7 Å². The number of carbonyl (C=O) groups is 3. The van der Waals surface area contributed by atoms with Gasteiger partial charge in [-0.15, -0.1) is 11.3 Å². The molecule has 4 unspecified atom stereocenters. The predicted molar refractivity (Wildman–Crippen MR) is 171 cm³/mol. The van der Waals surface area contributed by atoms with E-state index in [4.69, 9.17) is 19.4 Å². The number of hydrogen-bond acceptors (Lipinski definition) is 8. The Morgan fingerprint density at radius 2 is 2.02 bits per heavy atom. The van der Waals surface area contributed by atoms with Crippen molar-refractivity contribution in [3.05, 3.63) is 47.5 Å². The van der Waals surface area contributed by atoms with Crippen molar-refractivity contribution in [2.75, 3.05) is 27.2 Å². The van der Waals surface area contributed by atoms with E-state index in [-0.39, 0.29) is 30.8 Å². The molecule has 238 valence electrons. The summed E-state index contributed by atoms with van der Waals surface area (Å²) in [6.07, 6.45) is 6.31. The molecule has 45 heavy (non-hydrogen) atoms. The number of nitrogens with zero attached hydrogens (tertiary/aromatic N) is 4. The molecular weight excluding hydrogens is 594 g/mol. The fraction of sp³-hybridized carbons (Fsp3) is 0.485. The first-order chi connectivity index (χ1) is 21.6. The average Bonchev–Trinajstić information content (AvgIpc) is 3.33. The lowest BCUT2D eigenvalue weighted by Crippen LogP contribution is -2.54. The van der Waals surface area contributed by atoms with Crippen LogP contribution in [0.3, 0.4) is 0 Å². The molecule has 3 aliphatic rings. The van der Waals surface area contributed by atoms with Gasteiger partial charge in [-0.3, -0.25) is 4.79 Å². The minimum Gasteiger partial charge on any atom is -0.497 e. The van der Waals surface area contributed by atoms with Crippen LogP contribution in [0.15, 0.2) is 41.8 Å². The Morgan fingerprint density at radius 1 is 1.20 bits per heavy atom. The summed E-state index contributed by atoms with van der Waals surface area (Å²) in [5.74, 6) is -0.495. The van der Waals surface area contributed by atoms with Gasteiger partial charge in [-0.2, -0.15) is 0 Å². The van der Waals surface area contributed by atoms with E-state index in [1.54, 1.807) is 19.1 Å². The van der Waals surface area contributed by atoms with Crippen molar-refractivity contribution in [3.63, 3.8) is 0 Å². The van der Waals surface area contributed by atoms with Crippen molar-refractivity contribution in [1.29, 1.82) is 0 Å². The second kappa shape index (κ2) is 12.3. The van der Waals surface area contributed by atoms with Crippen LogP contribution < -0.4 is 14.8 Å². The van der Waals surface area contributed by atoms with E-state index < -0.39 is 29.6 Å². The average molecular weight is 634 g/mol. The standard InChI is InChI=1S/C33H39N5O6S/c1-19(2)26-18-45-30(35-26)25-14-20-13-22(43-4)10-11-24(20)29(34-25)44-23-15-27-28(39)36-33(31(40)41)16-21(33)9-7-5-6-8-12-37(3)32(42)38(27)17-23/h7,9-11,13-14,18-19,21,23,27H,5-6,8,12,15-17H2,1-4H3,(H,36,39)(H,40,41). The highest BCUT2D eigenvalue weighted by Crippen LogP contribution is 2.45. The van der Waals surface area contributed by atoms with Crippen molar-refractivity contribution < 1.29 is 29.0 Å². The molecule has 1 aliphatic carbocycles. The van der Waals surface area contributed by atoms with Crippen molar-refractivity contribution in [2.45, 2.75) is 69.6 Å². The van der Waals surface area contributed by atoms with Gasteiger partial charge in [0.15, 0.2) is 0 Å². The van der Waals surface area contributed by atoms with E-state index in [9.17, 15) is 19.5 Å². The quantitative estimate of drug-likeness (QED) is 0.360. The molecule has 4 atom stereocenters. The van der Waals surface area contributed by atoms with Gasteiger partial charge in [0.1, 0.15) is 34.1 Å². The molecule has 0 radical (unpaired) electrons. The number of rotatable bonds is 6. The van der Waals surface area contributed by atoms with E-state index in [2.05, 4.69) is 19.2 Å². The van der Waals surface area contributed by atoms with Crippen LogP contribution in [0.2, 0.25) is 0 Å². The van der Waals surface area contributed by atoms with Gasteiger partial charge in [-0.25, -0.2) is 19.6 Å². The number of carboxylic acid groups (broad SMARTS) is 1. The van der Waals surface area contributed by atoms with Crippen molar-refractivity contribution in [2.24, 2.45) is 5.92 Å². The molecule has 1 aromatic carbocycles. The fourth-order valence-corrected chi connectivity index (χ4v) is 7.09. The van der Waals surface area contributed by atoms with Crippen molar-refractivity contribution in [1.82, 2.24) is 25.1 Å². The van der Waals surface area contributed by atoms with Crippen LogP contribution >= 0.6 is 11.3 Å². The molecule has 2 aromatic heterocycles. The van der Waals surface area contributed by atoms with Gasteiger partial charge in [0, 0.05) is 36.7 Å². The predicted octanol–water partition coefficient (Wildman–Crippen LogP) is 5.06. The second-order valence-corrected chi connectivity index (χ2v) is 13.3. The van der Waals surface area contributed by atoms with Crippen LogP contribution in [0, 0.1) is 5.92 Å². The number of urea groups is 1. The molecule has 6 rings (SSSR count). The minimum absolute atomic E-state index is 0.156. The molecule has 1 saturated heterocycles. The molecule has 12 heteroatoms. The highest BCUT2D eigenvalue weighted by Gasteiger charge is 2.61. The molecule has 1 saturated carbocycles. The third-order valence-electron chi connectivity index (χ3n) is 8.98. The van der Waals surface area contributed by atoms with E-state index in [1.807, 2.05) is 41.8 Å². The van der Waals surface area contributed by atoms with E-state index in [1.165, 1.54) is 16.2 Å². The van der Waals surface area contributed by atoms with Gasteiger partial charge >= 0.3 is 12.0 Å². The van der Waals surface area contributed by atoms with Crippen LogP contribution in [0.4, 0.5) is 4.79 Å². The number of amides is 3. The lowest BCUT2D eigenvalue weighted by Gasteiger charge is -2.29. The Bertz CT molecular complexity index is 1660. The molecule has 2 fully saturated rings. The highest BCUT2D eigenvalue weighted by atomic mass is 32.1. The monoisotopic (exact) mass is 633 g/mol. The normalized spacial score (nSPS) is 25.5. The van der Waals surface area contributed by atoms with Crippen LogP contribution in [0.5, 0.6) is 11.6 Å². The van der Waals surface area contributed by atoms with Crippen LogP contribution in [0.1, 0.15) is 57.6 Å². The number of nitrogens with one attached hydrogen (secondary N) is 1. The van der Waals surface area contributed by atoms with Gasteiger partial charge in [0.25, 0.3) is 0 Å². The third-order valence-corrected chi connectivity index (χ3v) is 9.86. The number of carbonyl (C=O) groups excluding carboxylic acids is 2. The number of thiazole rings is 1. The first kappa shape index (κ1) is 30.8. The molecule has 2 N–H and O–H groups in total.